The van der Waals surface area contributed by atoms with Crippen LogP contribution in [0.15, 0.2) is 24.5 Å². The van der Waals surface area contributed by atoms with Gasteiger partial charge in [0.1, 0.15) is 11.5 Å². The maximum Gasteiger partial charge on any atom is 0.277 e. The lowest BCUT2D eigenvalue weighted by molar-refractivity contribution is 0.101. The minimum absolute atomic E-state index is 0.321. The van der Waals surface area contributed by atoms with E-state index in [0.717, 1.165) is 5.56 Å². The van der Waals surface area contributed by atoms with Crippen molar-refractivity contribution in [2.45, 2.75) is 6.92 Å². The first-order chi connectivity index (χ1) is 8.08. The van der Waals surface area contributed by atoms with Gasteiger partial charge in [-0.3, -0.25) is 9.48 Å². The van der Waals surface area contributed by atoms with E-state index < -0.39 is 0 Å². The average Bonchev–Trinajstić information content (AvgIpc) is 2.62. The van der Waals surface area contributed by atoms with E-state index in [1.807, 2.05) is 13.0 Å². The average molecular weight is 231 g/mol. The Kier molecular flexibility index (Phi) is 2.78. The highest BCUT2D eigenvalue weighted by Crippen LogP contribution is 2.12. The van der Waals surface area contributed by atoms with Gasteiger partial charge in [-0.05, 0) is 18.6 Å². The van der Waals surface area contributed by atoms with E-state index in [2.05, 4.69) is 15.4 Å². The number of aryl methyl sites for hydroxylation is 2. The molecule has 0 saturated carbocycles. The number of hydrogen-bond acceptors (Lipinski definition) is 4. The molecule has 0 spiro atoms. The van der Waals surface area contributed by atoms with E-state index in [1.165, 1.54) is 10.9 Å². The van der Waals surface area contributed by atoms with Gasteiger partial charge in [0.2, 0.25) is 0 Å². The van der Waals surface area contributed by atoms with Crippen molar-refractivity contribution in [1.29, 1.82) is 0 Å². The second-order valence-electron chi connectivity index (χ2n) is 3.75. The van der Waals surface area contributed by atoms with Gasteiger partial charge in [-0.1, -0.05) is 6.07 Å². The van der Waals surface area contributed by atoms with Crippen LogP contribution in [0.3, 0.4) is 0 Å². The fourth-order valence-corrected chi connectivity index (χ4v) is 1.45. The predicted molar refractivity (Wildman–Crippen MR) is 64.5 cm³/mol. The first-order valence-electron chi connectivity index (χ1n) is 5.09. The molecule has 2 aromatic rings. The van der Waals surface area contributed by atoms with Crippen molar-refractivity contribution < 1.29 is 4.79 Å². The van der Waals surface area contributed by atoms with E-state index in [4.69, 9.17) is 5.73 Å². The number of nitrogens with two attached hydrogens (primary N) is 1. The van der Waals surface area contributed by atoms with Crippen molar-refractivity contribution in [3.63, 3.8) is 0 Å². The Morgan fingerprint density at radius 3 is 2.71 bits per heavy atom. The zero-order chi connectivity index (χ0) is 12.4. The molecule has 0 bridgehead atoms. The van der Waals surface area contributed by atoms with Crippen LogP contribution in [0.5, 0.6) is 0 Å². The number of rotatable bonds is 2. The van der Waals surface area contributed by atoms with Gasteiger partial charge in [0, 0.05) is 13.2 Å². The fourth-order valence-electron chi connectivity index (χ4n) is 1.45. The Morgan fingerprint density at radius 2 is 2.18 bits per heavy atom. The lowest BCUT2D eigenvalue weighted by Gasteiger charge is -2.05. The number of aromatic nitrogens is 3. The van der Waals surface area contributed by atoms with E-state index in [-0.39, 0.29) is 5.91 Å². The molecule has 0 aliphatic heterocycles. The summed E-state index contributed by atoms with van der Waals surface area (Å²) in [6, 6.07) is 3.61. The molecule has 2 heterocycles. The third kappa shape index (κ3) is 2.25. The number of hydrogen-bond donors (Lipinski definition) is 2. The molecule has 0 saturated heterocycles. The number of nitrogen functional groups attached to an aromatic ring is 1. The number of carbonyl (C=O) groups excluding carboxylic acids is 1. The molecule has 0 fully saturated rings. The molecule has 0 aliphatic carbocycles. The summed E-state index contributed by atoms with van der Waals surface area (Å²) in [5, 5.41) is 6.57. The lowest BCUT2D eigenvalue weighted by atomic mass is 10.3. The SMILES string of the molecule is Cc1ccc(NC(=O)c2c(N)cnn2C)nc1. The van der Waals surface area contributed by atoms with Crippen LogP contribution in [0.25, 0.3) is 0 Å². The van der Waals surface area contributed by atoms with Gasteiger partial charge in [0.25, 0.3) is 5.91 Å². The Balaban J connectivity index is 2.20. The first-order valence-corrected chi connectivity index (χ1v) is 5.09. The van der Waals surface area contributed by atoms with Crippen molar-refractivity contribution in [2.75, 3.05) is 11.1 Å². The highest BCUT2D eigenvalue weighted by atomic mass is 16.2. The van der Waals surface area contributed by atoms with E-state index >= 15 is 0 Å². The molecule has 0 aliphatic rings. The summed E-state index contributed by atoms with van der Waals surface area (Å²) in [5.74, 6) is 0.167. The minimum atomic E-state index is -0.321. The quantitative estimate of drug-likeness (QED) is 0.806. The number of nitrogens with zero attached hydrogens (tertiary/aromatic N) is 3. The number of carbonyl (C=O) groups is 1. The van der Waals surface area contributed by atoms with Crippen LogP contribution >= 0.6 is 0 Å². The Bertz CT molecular complexity index is 524. The summed E-state index contributed by atoms with van der Waals surface area (Å²) in [7, 11) is 1.66. The monoisotopic (exact) mass is 231 g/mol. The number of anilines is 2. The third-order valence-electron chi connectivity index (χ3n) is 2.34. The Hall–Kier alpha value is -2.37. The van der Waals surface area contributed by atoms with E-state index in [0.29, 0.717) is 17.2 Å². The van der Waals surface area contributed by atoms with E-state index in [1.54, 1.807) is 19.3 Å². The second-order valence-corrected chi connectivity index (χ2v) is 3.75. The fraction of sp³-hybridized carbons (Fsp3) is 0.182. The standard InChI is InChI=1S/C11H13N5O/c1-7-3-4-9(13-5-7)15-11(17)10-8(12)6-14-16(10)2/h3-6H,12H2,1-2H3,(H,13,15,17). The molecule has 6 nitrogen and oxygen atoms in total. The molecule has 0 atom stereocenters. The van der Waals surface area contributed by atoms with Gasteiger partial charge in [-0.2, -0.15) is 5.10 Å². The summed E-state index contributed by atoms with van der Waals surface area (Å²) in [5.41, 5.74) is 7.36. The zero-order valence-corrected chi connectivity index (χ0v) is 9.64. The highest BCUT2D eigenvalue weighted by Gasteiger charge is 2.15. The van der Waals surface area contributed by atoms with Crippen LogP contribution in [0.4, 0.5) is 11.5 Å². The van der Waals surface area contributed by atoms with Gasteiger partial charge < -0.3 is 11.1 Å². The lowest BCUT2D eigenvalue weighted by Crippen LogP contribution is -2.18. The predicted octanol–water partition coefficient (Wildman–Crippen LogP) is 0.958. The van der Waals surface area contributed by atoms with Gasteiger partial charge in [-0.25, -0.2) is 4.98 Å². The van der Waals surface area contributed by atoms with Crippen molar-refractivity contribution in [2.24, 2.45) is 7.05 Å². The molecule has 1 amide bonds. The van der Waals surface area contributed by atoms with Crippen molar-refractivity contribution in [3.8, 4) is 0 Å². The molecular formula is C11H13N5O. The van der Waals surface area contributed by atoms with Gasteiger partial charge in [0.15, 0.2) is 0 Å². The van der Waals surface area contributed by atoms with Crippen LogP contribution < -0.4 is 11.1 Å². The van der Waals surface area contributed by atoms with Gasteiger partial charge in [-0.15, -0.1) is 0 Å². The van der Waals surface area contributed by atoms with Gasteiger partial charge in [0.05, 0.1) is 11.9 Å². The molecule has 2 rings (SSSR count). The van der Waals surface area contributed by atoms with Crippen molar-refractivity contribution in [1.82, 2.24) is 14.8 Å². The normalized spacial score (nSPS) is 10.2. The van der Waals surface area contributed by atoms with Crippen LogP contribution in [0.1, 0.15) is 16.1 Å². The highest BCUT2D eigenvalue weighted by molar-refractivity contribution is 6.05. The smallest absolute Gasteiger partial charge is 0.277 e. The molecule has 17 heavy (non-hydrogen) atoms. The largest absolute Gasteiger partial charge is 0.396 e. The molecule has 6 heteroatoms. The maximum atomic E-state index is 11.9. The molecule has 88 valence electrons. The molecule has 0 radical (unpaired) electrons. The summed E-state index contributed by atoms with van der Waals surface area (Å²) in [4.78, 5) is 16.0. The van der Waals surface area contributed by atoms with Crippen molar-refractivity contribution >= 4 is 17.4 Å². The number of nitrogens with one attached hydrogen (secondary N) is 1. The van der Waals surface area contributed by atoms with Crippen LogP contribution in [0, 0.1) is 6.92 Å². The van der Waals surface area contributed by atoms with Gasteiger partial charge >= 0.3 is 0 Å². The minimum Gasteiger partial charge on any atom is -0.396 e. The van der Waals surface area contributed by atoms with E-state index in [9.17, 15) is 4.79 Å². The zero-order valence-electron chi connectivity index (χ0n) is 9.64. The number of pyridine rings is 1. The van der Waals surface area contributed by atoms with Crippen LogP contribution in [0.2, 0.25) is 0 Å². The summed E-state index contributed by atoms with van der Waals surface area (Å²) in [6.45, 7) is 1.93. The Morgan fingerprint density at radius 1 is 1.41 bits per heavy atom. The van der Waals surface area contributed by atoms with Crippen molar-refractivity contribution in [3.05, 3.63) is 35.8 Å². The first kappa shape index (κ1) is 11.1. The van der Waals surface area contributed by atoms with Crippen LogP contribution in [-0.2, 0) is 7.05 Å². The molecular weight excluding hydrogens is 218 g/mol. The molecule has 3 N–H and O–H groups in total. The second kappa shape index (κ2) is 4.25. The molecule has 2 aromatic heterocycles. The Labute approximate surface area is 98.5 Å². The molecule has 0 aromatic carbocycles. The summed E-state index contributed by atoms with van der Waals surface area (Å²) >= 11 is 0. The maximum absolute atomic E-state index is 11.9. The third-order valence-corrected chi connectivity index (χ3v) is 2.34. The summed E-state index contributed by atoms with van der Waals surface area (Å²) in [6.07, 6.45) is 3.12. The summed E-state index contributed by atoms with van der Waals surface area (Å²) < 4.78 is 1.43. The topological polar surface area (TPSA) is 85.8 Å². The number of amides is 1. The molecule has 0 unspecified atom stereocenters. The van der Waals surface area contributed by atoms with Crippen LogP contribution in [-0.4, -0.2) is 20.7 Å².